The van der Waals surface area contributed by atoms with Crippen molar-refractivity contribution in [1.29, 1.82) is 0 Å². The van der Waals surface area contributed by atoms with Crippen LogP contribution >= 0.6 is 0 Å². The van der Waals surface area contributed by atoms with E-state index in [4.69, 9.17) is 0 Å². The smallest absolute Gasteiger partial charge is 0.123 e. The van der Waals surface area contributed by atoms with E-state index in [0.29, 0.717) is 5.92 Å². The second kappa shape index (κ2) is 8.45. The van der Waals surface area contributed by atoms with Gasteiger partial charge in [-0.15, -0.1) is 0 Å². The second-order valence-electron chi connectivity index (χ2n) is 7.37. The van der Waals surface area contributed by atoms with Crippen LogP contribution in [0.2, 0.25) is 0 Å². The summed E-state index contributed by atoms with van der Waals surface area (Å²) < 4.78 is 13.1. The van der Waals surface area contributed by atoms with Gasteiger partial charge in [-0.05, 0) is 73.2 Å². The van der Waals surface area contributed by atoms with E-state index in [9.17, 15) is 4.39 Å². The summed E-state index contributed by atoms with van der Waals surface area (Å²) in [5.41, 5.74) is 4.96. The SMILES string of the molecule is Fc1ccc(C2CCN(CCc3cncc(-c4ccccc4)c3)CC2)cc1. The van der Waals surface area contributed by atoms with Gasteiger partial charge in [0.15, 0.2) is 0 Å². The molecule has 0 bridgehead atoms. The predicted molar refractivity (Wildman–Crippen MR) is 108 cm³/mol. The molecule has 0 N–H and O–H groups in total. The van der Waals surface area contributed by atoms with Gasteiger partial charge in [-0.1, -0.05) is 42.5 Å². The van der Waals surface area contributed by atoms with E-state index in [0.717, 1.165) is 38.9 Å². The van der Waals surface area contributed by atoms with Crippen LogP contribution in [0.5, 0.6) is 0 Å². The van der Waals surface area contributed by atoms with Gasteiger partial charge in [0.1, 0.15) is 5.82 Å². The zero-order valence-corrected chi connectivity index (χ0v) is 15.5. The lowest BCUT2D eigenvalue weighted by atomic mass is 9.89. The second-order valence-corrected chi connectivity index (χ2v) is 7.37. The molecule has 1 saturated heterocycles. The topological polar surface area (TPSA) is 16.1 Å². The number of aromatic nitrogens is 1. The Bertz CT molecular complexity index is 853. The number of halogens is 1. The van der Waals surface area contributed by atoms with Gasteiger partial charge in [0.25, 0.3) is 0 Å². The molecule has 1 aromatic heterocycles. The molecule has 1 fully saturated rings. The Hall–Kier alpha value is -2.52. The van der Waals surface area contributed by atoms with Crippen LogP contribution in [0.4, 0.5) is 4.39 Å². The van der Waals surface area contributed by atoms with Crippen LogP contribution in [-0.4, -0.2) is 29.5 Å². The lowest BCUT2D eigenvalue weighted by Crippen LogP contribution is -2.34. The third-order valence-electron chi connectivity index (χ3n) is 5.55. The molecule has 3 aromatic rings. The minimum atomic E-state index is -0.150. The van der Waals surface area contributed by atoms with Crippen LogP contribution in [0.3, 0.4) is 0 Å². The molecular formula is C24H25FN2. The molecule has 4 rings (SSSR count). The summed E-state index contributed by atoms with van der Waals surface area (Å²) in [5, 5.41) is 0. The van der Waals surface area contributed by atoms with Crippen molar-refractivity contribution in [2.75, 3.05) is 19.6 Å². The molecule has 2 aromatic carbocycles. The van der Waals surface area contributed by atoms with Gasteiger partial charge in [-0.25, -0.2) is 4.39 Å². The molecule has 0 aliphatic carbocycles. The van der Waals surface area contributed by atoms with E-state index >= 15 is 0 Å². The fourth-order valence-corrected chi connectivity index (χ4v) is 3.92. The van der Waals surface area contributed by atoms with Crippen molar-refractivity contribution in [1.82, 2.24) is 9.88 Å². The van der Waals surface area contributed by atoms with Crippen molar-refractivity contribution in [3.8, 4) is 11.1 Å². The van der Waals surface area contributed by atoms with Crippen molar-refractivity contribution < 1.29 is 4.39 Å². The van der Waals surface area contributed by atoms with Gasteiger partial charge in [-0.3, -0.25) is 4.98 Å². The zero-order chi connectivity index (χ0) is 18.5. The first-order valence-electron chi connectivity index (χ1n) is 9.75. The van der Waals surface area contributed by atoms with Gasteiger partial charge in [0.2, 0.25) is 0 Å². The number of nitrogens with zero attached hydrogens (tertiary/aromatic N) is 2. The zero-order valence-electron chi connectivity index (χ0n) is 15.5. The lowest BCUT2D eigenvalue weighted by Gasteiger charge is -2.32. The molecule has 2 heterocycles. The van der Waals surface area contributed by atoms with Crippen LogP contribution < -0.4 is 0 Å². The Balaban J connectivity index is 1.31. The van der Waals surface area contributed by atoms with Crippen LogP contribution in [0, 0.1) is 5.82 Å². The summed E-state index contributed by atoms with van der Waals surface area (Å²) >= 11 is 0. The van der Waals surface area contributed by atoms with Gasteiger partial charge in [0.05, 0.1) is 0 Å². The largest absolute Gasteiger partial charge is 0.303 e. The molecule has 1 aliphatic rings. The standard InChI is InChI=1S/C24H25FN2/c25-24-8-6-21(7-9-24)22-11-14-27(15-12-22)13-10-19-16-23(18-26-17-19)20-4-2-1-3-5-20/h1-9,16-18,22H,10-15H2. The number of benzene rings is 2. The molecule has 27 heavy (non-hydrogen) atoms. The quantitative estimate of drug-likeness (QED) is 0.613. The molecule has 0 unspecified atom stereocenters. The summed E-state index contributed by atoms with van der Waals surface area (Å²) in [5.74, 6) is 0.410. The van der Waals surface area contributed by atoms with Gasteiger partial charge >= 0.3 is 0 Å². The highest BCUT2D eigenvalue weighted by atomic mass is 19.1. The molecular weight excluding hydrogens is 335 g/mol. The normalized spacial score (nSPS) is 15.7. The maximum absolute atomic E-state index is 13.1. The highest BCUT2D eigenvalue weighted by molar-refractivity contribution is 5.62. The van der Waals surface area contributed by atoms with E-state index in [-0.39, 0.29) is 5.82 Å². The molecule has 0 radical (unpaired) electrons. The monoisotopic (exact) mass is 360 g/mol. The number of likely N-dealkylation sites (tertiary alicyclic amines) is 1. The lowest BCUT2D eigenvalue weighted by molar-refractivity contribution is 0.214. The minimum Gasteiger partial charge on any atom is -0.303 e. The number of hydrogen-bond acceptors (Lipinski definition) is 2. The highest BCUT2D eigenvalue weighted by Crippen LogP contribution is 2.28. The van der Waals surface area contributed by atoms with Crippen molar-refractivity contribution >= 4 is 0 Å². The van der Waals surface area contributed by atoms with Crippen LogP contribution in [0.1, 0.15) is 29.9 Å². The molecule has 3 heteroatoms. The van der Waals surface area contributed by atoms with Gasteiger partial charge in [0, 0.05) is 24.5 Å². The van der Waals surface area contributed by atoms with Crippen LogP contribution in [0.25, 0.3) is 11.1 Å². The maximum Gasteiger partial charge on any atom is 0.123 e. The Morgan fingerprint density at radius 1 is 0.889 bits per heavy atom. The molecule has 1 aliphatic heterocycles. The fourth-order valence-electron chi connectivity index (χ4n) is 3.92. The first-order valence-corrected chi connectivity index (χ1v) is 9.75. The van der Waals surface area contributed by atoms with Crippen molar-refractivity contribution in [3.63, 3.8) is 0 Å². The average Bonchev–Trinajstić information content (AvgIpc) is 2.74. The number of hydrogen-bond donors (Lipinski definition) is 0. The van der Waals surface area contributed by atoms with Crippen molar-refractivity contribution in [3.05, 3.63) is 90.0 Å². The van der Waals surface area contributed by atoms with Gasteiger partial charge in [-0.2, -0.15) is 0 Å². The Kier molecular flexibility index (Phi) is 5.59. The Labute approximate surface area is 160 Å². The molecule has 138 valence electrons. The molecule has 0 spiro atoms. The van der Waals surface area contributed by atoms with E-state index in [2.05, 4.69) is 40.2 Å². The number of piperidine rings is 1. The first kappa shape index (κ1) is 17.9. The van der Waals surface area contributed by atoms with Crippen molar-refractivity contribution in [2.24, 2.45) is 0 Å². The third-order valence-corrected chi connectivity index (χ3v) is 5.55. The van der Waals surface area contributed by atoms with E-state index < -0.39 is 0 Å². The van der Waals surface area contributed by atoms with E-state index in [1.165, 1.54) is 22.3 Å². The van der Waals surface area contributed by atoms with Gasteiger partial charge < -0.3 is 4.90 Å². The highest BCUT2D eigenvalue weighted by Gasteiger charge is 2.20. The summed E-state index contributed by atoms with van der Waals surface area (Å²) in [6.45, 7) is 3.28. The Morgan fingerprint density at radius 2 is 1.63 bits per heavy atom. The van der Waals surface area contributed by atoms with Crippen LogP contribution in [-0.2, 0) is 6.42 Å². The molecule has 2 nitrogen and oxygen atoms in total. The van der Waals surface area contributed by atoms with Crippen LogP contribution in [0.15, 0.2) is 73.1 Å². The maximum atomic E-state index is 13.1. The summed E-state index contributed by atoms with van der Waals surface area (Å²) in [6.07, 6.45) is 7.24. The minimum absolute atomic E-state index is 0.150. The molecule has 0 amide bonds. The third kappa shape index (κ3) is 4.61. The van der Waals surface area contributed by atoms with E-state index in [1.54, 1.807) is 12.1 Å². The summed E-state index contributed by atoms with van der Waals surface area (Å²) in [6, 6.07) is 19.7. The number of rotatable bonds is 5. The molecule has 0 saturated carbocycles. The van der Waals surface area contributed by atoms with Crippen molar-refractivity contribution in [2.45, 2.75) is 25.2 Å². The van der Waals surface area contributed by atoms with E-state index in [1.807, 2.05) is 30.6 Å². The molecule has 0 atom stereocenters. The Morgan fingerprint density at radius 3 is 2.37 bits per heavy atom. The summed E-state index contributed by atoms with van der Waals surface area (Å²) in [4.78, 5) is 6.97. The first-order chi connectivity index (χ1) is 13.3. The summed E-state index contributed by atoms with van der Waals surface area (Å²) in [7, 11) is 0. The number of pyridine rings is 1. The predicted octanol–water partition coefficient (Wildman–Crippen LogP) is 5.31. The fraction of sp³-hybridized carbons (Fsp3) is 0.292. The average molecular weight is 360 g/mol.